The smallest absolute Gasteiger partial charge is 0.0858 e. The molecule has 0 aliphatic heterocycles. The summed E-state index contributed by atoms with van der Waals surface area (Å²) in [4.78, 5) is 30.7. The summed E-state index contributed by atoms with van der Waals surface area (Å²) in [5.41, 5.74) is 16.1. The second-order valence-electron chi connectivity index (χ2n) is 15.8. The van der Waals surface area contributed by atoms with Crippen molar-refractivity contribution in [1.29, 1.82) is 0 Å². The fourth-order valence-corrected chi connectivity index (χ4v) is 8.27. The summed E-state index contributed by atoms with van der Waals surface area (Å²) in [7, 11) is 0. The van der Waals surface area contributed by atoms with Crippen molar-refractivity contribution in [3.8, 4) is 44.5 Å². The Hall–Kier alpha value is -8.22. The average molecular weight is 825 g/mol. The van der Waals surface area contributed by atoms with Gasteiger partial charge >= 0.3 is 0 Å². The zero-order valence-electron chi connectivity index (χ0n) is 35.2. The van der Waals surface area contributed by atoms with Crippen molar-refractivity contribution in [2.75, 3.05) is 0 Å². The van der Waals surface area contributed by atoms with Crippen LogP contribution in [-0.2, 0) is 12.8 Å². The molecule has 0 radical (unpaired) electrons. The molecule has 0 amide bonds. The van der Waals surface area contributed by atoms with Crippen molar-refractivity contribution in [3.63, 3.8) is 0 Å². The second kappa shape index (κ2) is 18.8. The number of aromatic nitrogens is 6. The Balaban J connectivity index is 0.941. The van der Waals surface area contributed by atoms with Crippen LogP contribution >= 0.6 is 0 Å². The van der Waals surface area contributed by atoms with Gasteiger partial charge in [-0.25, -0.2) is 0 Å². The van der Waals surface area contributed by atoms with Crippen molar-refractivity contribution < 1.29 is 0 Å². The molecular weight excluding hydrogens is 781 g/mol. The van der Waals surface area contributed by atoms with Crippen molar-refractivity contribution in [2.24, 2.45) is 0 Å². The first-order valence-corrected chi connectivity index (χ1v) is 21.7. The van der Waals surface area contributed by atoms with E-state index in [9.17, 15) is 0 Å². The van der Waals surface area contributed by atoms with Gasteiger partial charge in [-0.3, -0.25) is 29.9 Å². The number of hydrogen-bond acceptors (Lipinski definition) is 6. The van der Waals surface area contributed by atoms with Crippen LogP contribution in [0.25, 0.3) is 44.5 Å². The van der Waals surface area contributed by atoms with Gasteiger partial charge in [-0.1, -0.05) is 158 Å². The minimum absolute atomic E-state index is 0.265. The lowest BCUT2D eigenvalue weighted by Crippen LogP contribution is -2.12. The van der Waals surface area contributed by atoms with Crippen LogP contribution in [0.2, 0.25) is 0 Å². The van der Waals surface area contributed by atoms with Crippen molar-refractivity contribution in [2.45, 2.75) is 24.7 Å². The van der Waals surface area contributed by atoms with Gasteiger partial charge in [0.1, 0.15) is 0 Å². The van der Waals surface area contributed by atoms with Crippen LogP contribution in [-0.4, -0.2) is 29.9 Å². The molecule has 0 saturated heterocycles. The van der Waals surface area contributed by atoms with E-state index in [2.05, 4.69) is 133 Å². The molecule has 4 aromatic carbocycles. The molecule has 0 N–H and O–H groups in total. The minimum Gasteiger partial charge on any atom is -0.260 e. The highest BCUT2D eigenvalue weighted by atomic mass is 14.8. The van der Waals surface area contributed by atoms with Crippen LogP contribution in [0.1, 0.15) is 57.4 Å². The van der Waals surface area contributed by atoms with E-state index in [1.807, 2.05) is 97.6 Å². The third kappa shape index (κ3) is 9.03. The zero-order chi connectivity index (χ0) is 42.9. The summed E-state index contributed by atoms with van der Waals surface area (Å²) < 4.78 is 0. The highest BCUT2D eigenvalue weighted by Crippen LogP contribution is 2.33. The maximum atomic E-state index is 5.29. The summed E-state index contributed by atoms with van der Waals surface area (Å²) in [6, 6.07) is 70.9. The van der Waals surface area contributed by atoms with Crippen LogP contribution in [0.5, 0.6) is 0 Å². The second-order valence-corrected chi connectivity index (χ2v) is 15.8. The minimum atomic E-state index is -0.265. The quantitative estimate of drug-likeness (QED) is 0.115. The molecule has 0 saturated carbocycles. The lowest BCUT2D eigenvalue weighted by Gasteiger charge is -2.18. The van der Waals surface area contributed by atoms with E-state index in [4.69, 9.17) is 29.9 Å². The third-order valence-corrected chi connectivity index (χ3v) is 11.6. The van der Waals surface area contributed by atoms with Crippen LogP contribution in [0.3, 0.4) is 0 Å². The normalized spacial score (nSPS) is 11.2. The first-order valence-electron chi connectivity index (χ1n) is 21.7. The van der Waals surface area contributed by atoms with E-state index in [0.717, 1.165) is 90.1 Å². The maximum absolute atomic E-state index is 5.29. The van der Waals surface area contributed by atoms with E-state index in [1.54, 1.807) is 0 Å². The molecular formula is C58H44N6. The number of nitrogens with zero attached hydrogens (tertiary/aromatic N) is 6. The predicted octanol–water partition coefficient (Wildman–Crippen LogP) is 12.9. The molecule has 10 rings (SSSR count). The zero-order valence-corrected chi connectivity index (χ0v) is 35.2. The Bertz CT molecular complexity index is 2670. The van der Waals surface area contributed by atoms with E-state index in [-0.39, 0.29) is 11.8 Å². The number of pyridine rings is 6. The predicted molar refractivity (Wildman–Crippen MR) is 256 cm³/mol. The molecule has 64 heavy (non-hydrogen) atoms. The highest BCUT2D eigenvalue weighted by molar-refractivity contribution is 5.65. The van der Waals surface area contributed by atoms with Gasteiger partial charge in [0.25, 0.3) is 0 Å². The monoisotopic (exact) mass is 824 g/mol. The highest BCUT2D eigenvalue weighted by Gasteiger charge is 2.24. The van der Waals surface area contributed by atoms with Crippen LogP contribution in [0.15, 0.2) is 231 Å². The fourth-order valence-electron chi connectivity index (χ4n) is 8.27. The first-order chi connectivity index (χ1) is 31.7. The van der Waals surface area contributed by atoms with E-state index >= 15 is 0 Å². The molecule has 306 valence electrons. The van der Waals surface area contributed by atoms with E-state index in [0.29, 0.717) is 12.8 Å². The lowest BCUT2D eigenvalue weighted by atomic mass is 9.93. The van der Waals surface area contributed by atoms with Gasteiger partial charge in [0, 0.05) is 58.4 Å². The Morgan fingerprint density at radius 2 is 0.516 bits per heavy atom. The van der Waals surface area contributed by atoms with Crippen LogP contribution in [0, 0.1) is 0 Å². The molecule has 6 heteroatoms. The molecule has 0 aliphatic carbocycles. The van der Waals surface area contributed by atoms with Gasteiger partial charge in [-0.2, -0.15) is 0 Å². The topological polar surface area (TPSA) is 77.3 Å². The van der Waals surface area contributed by atoms with Gasteiger partial charge in [0.05, 0.1) is 46.0 Å². The third-order valence-electron chi connectivity index (χ3n) is 11.6. The van der Waals surface area contributed by atoms with Crippen molar-refractivity contribution >= 4 is 0 Å². The maximum Gasteiger partial charge on any atom is 0.0858 e. The SMILES string of the molecule is c1ccc(-c2ccc(C(c3ccc(-c4ccccc4)cn3)c3cccc(CCc4cccc(C(c5ccc(-c6ccccc6)cn5)c5ccc(-c6ccccc6)cn5)n4)n3)nc2)cc1. The Kier molecular flexibility index (Phi) is 11.7. The Morgan fingerprint density at radius 1 is 0.234 bits per heavy atom. The Morgan fingerprint density at radius 3 is 0.766 bits per heavy atom. The molecule has 0 bridgehead atoms. The average Bonchev–Trinajstić information content (AvgIpc) is 3.38. The molecule has 6 heterocycles. The molecule has 0 unspecified atom stereocenters. The van der Waals surface area contributed by atoms with Crippen molar-refractivity contribution in [1.82, 2.24) is 29.9 Å². The summed E-state index contributed by atoms with van der Waals surface area (Å²) in [5.74, 6) is -0.531. The number of benzene rings is 4. The molecule has 6 aromatic heterocycles. The number of rotatable bonds is 13. The van der Waals surface area contributed by atoms with Crippen LogP contribution in [0.4, 0.5) is 0 Å². The summed E-state index contributed by atoms with van der Waals surface area (Å²) in [6.07, 6.45) is 9.21. The fraction of sp³-hybridized carbons (Fsp3) is 0.0690. The largest absolute Gasteiger partial charge is 0.260 e. The standard InChI is InChI=1S/C58H44N6/c1-5-15-41(16-6-1)45-27-33-51(59-37-45)57(52-34-28-46(38-60-52)42-17-7-2-8-18-42)55-25-13-23-49(63-55)31-32-50-24-14-26-56(64-50)58(53-35-29-47(39-61-53)43-19-9-3-10-20-43)54-36-30-48(40-62-54)44-21-11-4-12-22-44/h1-30,33-40,57-58H,31-32H2. The summed E-state index contributed by atoms with van der Waals surface area (Å²) in [6.45, 7) is 0. The van der Waals surface area contributed by atoms with Gasteiger partial charge in [0.2, 0.25) is 0 Å². The Labute approximate surface area is 374 Å². The van der Waals surface area contributed by atoms with Gasteiger partial charge < -0.3 is 0 Å². The molecule has 0 fully saturated rings. The summed E-state index contributed by atoms with van der Waals surface area (Å²) in [5, 5.41) is 0. The lowest BCUT2D eigenvalue weighted by molar-refractivity contribution is 0.792. The van der Waals surface area contributed by atoms with Crippen LogP contribution < -0.4 is 0 Å². The summed E-state index contributed by atoms with van der Waals surface area (Å²) >= 11 is 0. The van der Waals surface area contributed by atoms with Gasteiger partial charge in [-0.05, 0) is 83.6 Å². The van der Waals surface area contributed by atoms with Crippen molar-refractivity contribution in [3.05, 3.63) is 277 Å². The van der Waals surface area contributed by atoms with Gasteiger partial charge in [0.15, 0.2) is 0 Å². The number of hydrogen-bond donors (Lipinski definition) is 0. The first kappa shape index (κ1) is 39.9. The van der Waals surface area contributed by atoms with E-state index < -0.39 is 0 Å². The molecule has 6 nitrogen and oxygen atoms in total. The molecule has 0 atom stereocenters. The molecule has 0 aliphatic rings. The van der Waals surface area contributed by atoms with E-state index in [1.165, 1.54) is 0 Å². The molecule has 0 spiro atoms. The van der Waals surface area contributed by atoms with Gasteiger partial charge in [-0.15, -0.1) is 0 Å². The number of aryl methyl sites for hydroxylation is 2. The molecule has 10 aromatic rings.